The lowest BCUT2D eigenvalue weighted by molar-refractivity contribution is -0.144. The lowest BCUT2D eigenvalue weighted by atomic mass is 9.78. The van der Waals surface area contributed by atoms with E-state index in [1.165, 1.54) is 19.3 Å². The molecule has 0 aromatic heterocycles. The van der Waals surface area contributed by atoms with Gasteiger partial charge in [-0.15, -0.1) is 0 Å². The standard InChI is InChI=1S/C18H25NO3/c1-2-18(17(21)22,15-9-4-3-5-10-15)13-19-16(20)12-11-14-7-6-8-14/h3-5,9-10,14H,2,6-8,11-13H2,1H3,(H,19,20)(H,21,22). The van der Waals surface area contributed by atoms with E-state index in [4.69, 9.17) is 0 Å². The Balaban J connectivity index is 1.97. The fraction of sp³-hybridized carbons (Fsp3) is 0.556. The Morgan fingerprint density at radius 1 is 1.27 bits per heavy atom. The van der Waals surface area contributed by atoms with Crippen LogP contribution in [0.1, 0.15) is 51.0 Å². The first-order valence-electron chi connectivity index (χ1n) is 8.14. The summed E-state index contributed by atoms with van der Waals surface area (Å²) < 4.78 is 0. The number of carbonyl (C=O) groups excluding carboxylic acids is 1. The second kappa shape index (κ2) is 7.43. The third-order valence-electron chi connectivity index (χ3n) is 4.93. The molecule has 1 unspecified atom stereocenters. The zero-order chi connectivity index (χ0) is 16.0. The van der Waals surface area contributed by atoms with Crippen molar-refractivity contribution in [2.24, 2.45) is 5.92 Å². The third kappa shape index (κ3) is 3.67. The summed E-state index contributed by atoms with van der Waals surface area (Å²) in [6.45, 7) is 1.99. The summed E-state index contributed by atoms with van der Waals surface area (Å²) >= 11 is 0. The highest BCUT2D eigenvalue weighted by Gasteiger charge is 2.38. The van der Waals surface area contributed by atoms with Crippen LogP contribution in [-0.2, 0) is 15.0 Å². The van der Waals surface area contributed by atoms with E-state index in [0.29, 0.717) is 18.8 Å². The van der Waals surface area contributed by atoms with Crippen molar-refractivity contribution >= 4 is 11.9 Å². The van der Waals surface area contributed by atoms with Gasteiger partial charge in [-0.25, -0.2) is 0 Å². The zero-order valence-electron chi connectivity index (χ0n) is 13.2. The Morgan fingerprint density at radius 2 is 1.95 bits per heavy atom. The molecule has 2 rings (SSSR count). The molecule has 1 saturated carbocycles. The van der Waals surface area contributed by atoms with E-state index in [9.17, 15) is 14.7 Å². The normalized spacial score (nSPS) is 17.3. The maximum atomic E-state index is 12.0. The molecule has 1 aromatic rings. The Labute approximate surface area is 131 Å². The smallest absolute Gasteiger partial charge is 0.315 e. The van der Waals surface area contributed by atoms with Crippen LogP contribution in [0.5, 0.6) is 0 Å². The molecule has 4 nitrogen and oxygen atoms in total. The fourth-order valence-corrected chi connectivity index (χ4v) is 2.99. The summed E-state index contributed by atoms with van der Waals surface area (Å²) in [6, 6.07) is 9.17. The van der Waals surface area contributed by atoms with E-state index < -0.39 is 11.4 Å². The van der Waals surface area contributed by atoms with Crippen molar-refractivity contribution in [1.82, 2.24) is 5.32 Å². The molecule has 1 aromatic carbocycles. The first kappa shape index (κ1) is 16.5. The molecule has 0 bridgehead atoms. The molecule has 0 spiro atoms. The molecule has 2 N–H and O–H groups in total. The number of hydrogen-bond donors (Lipinski definition) is 2. The van der Waals surface area contributed by atoms with E-state index in [1.807, 2.05) is 37.3 Å². The molecule has 1 fully saturated rings. The number of hydrogen-bond acceptors (Lipinski definition) is 2. The van der Waals surface area contributed by atoms with Gasteiger partial charge in [-0.05, 0) is 24.3 Å². The summed E-state index contributed by atoms with van der Waals surface area (Å²) in [4.78, 5) is 23.8. The summed E-state index contributed by atoms with van der Waals surface area (Å²) in [5.74, 6) is -0.238. The molecule has 1 atom stereocenters. The summed E-state index contributed by atoms with van der Waals surface area (Å²) in [6.07, 6.45) is 5.59. The molecular weight excluding hydrogens is 278 g/mol. The second-order valence-electron chi connectivity index (χ2n) is 6.22. The van der Waals surface area contributed by atoms with Crippen LogP contribution in [-0.4, -0.2) is 23.5 Å². The van der Waals surface area contributed by atoms with Crippen LogP contribution in [0.2, 0.25) is 0 Å². The number of rotatable bonds is 8. The van der Waals surface area contributed by atoms with Gasteiger partial charge >= 0.3 is 5.97 Å². The Bertz CT molecular complexity index is 510. The number of amides is 1. The van der Waals surface area contributed by atoms with E-state index in [1.54, 1.807) is 0 Å². The molecule has 4 heteroatoms. The van der Waals surface area contributed by atoms with Crippen LogP contribution in [0, 0.1) is 5.92 Å². The number of benzene rings is 1. The Kier molecular flexibility index (Phi) is 5.58. The van der Waals surface area contributed by atoms with Crippen molar-refractivity contribution in [1.29, 1.82) is 0 Å². The molecule has 120 valence electrons. The number of carboxylic acid groups (broad SMARTS) is 1. The second-order valence-corrected chi connectivity index (χ2v) is 6.22. The van der Waals surface area contributed by atoms with Crippen molar-refractivity contribution in [3.05, 3.63) is 35.9 Å². The van der Waals surface area contributed by atoms with Gasteiger partial charge in [-0.1, -0.05) is 56.5 Å². The molecule has 0 radical (unpaired) electrons. The van der Waals surface area contributed by atoms with Crippen molar-refractivity contribution in [2.75, 3.05) is 6.54 Å². The number of aliphatic carboxylic acids is 1. The van der Waals surface area contributed by atoms with Crippen molar-refractivity contribution < 1.29 is 14.7 Å². The van der Waals surface area contributed by atoms with Gasteiger partial charge < -0.3 is 10.4 Å². The van der Waals surface area contributed by atoms with E-state index in [-0.39, 0.29) is 12.5 Å². The maximum Gasteiger partial charge on any atom is 0.315 e. The maximum absolute atomic E-state index is 12.0. The first-order valence-corrected chi connectivity index (χ1v) is 8.14. The molecule has 0 saturated heterocycles. The topological polar surface area (TPSA) is 66.4 Å². The summed E-state index contributed by atoms with van der Waals surface area (Å²) in [5.41, 5.74) is -0.308. The third-order valence-corrected chi connectivity index (χ3v) is 4.93. The number of nitrogens with one attached hydrogen (secondary N) is 1. The molecular formula is C18H25NO3. The van der Waals surface area contributed by atoms with Crippen molar-refractivity contribution in [2.45, 2.75) is 50.9 Å². The van der Waals surface area contributed by atoms with Gasteiger partial charge in [0, 0.05) is 13.0 Å². The highest BCUT2D eigenvalue weighted by Crippen LogP contribution is 2.31. The SMILES string of the molecule is CCC(CNC(=O)CCC1CCC1)(C(=O)O)c1ccccc1. The predicted octanol–water partition coefficient (Wildman–Crippen LogP) is 3.12. The zero-order valence-corrected chi connectivity index (χ0v) is 13.2. The number of carbonyl (C=O) groups is 2. The summed E-state index contributed by atoms with van der Waals surface area (Å²) in [5, 5.41) is 12.5. The van der Waals surface area contributed by atoms with Crippen LogP contribution in [0.4, 0.5) is 0 Å². The van der Waals surface area contributed by atoms with Crippen molar-refractivity contribution in [3.8, 4) is 0 Å². The van der Waals surface area contributed by atoms with Crippen LogP contribution < -0.4 is 5.32 Å². The molecule has 1 aliphatic rings. The average molecular weight is 303 g/mol. The minimum Gasteiger partial charge on any atom is -0.481 e. The van der Waals surface area contributed by atoms with Gasteiger partial charge in [0.05, 0.1) is 0 Å². The molecule has 0 aliphatic heterocycles. The van der Waals surface area contributed by atoms with Gasteiger partial charge in [-0.2, -0.15) is 0 Å². The minimum absolute atomic E-state index is 0.0399. The molecule has 0 heterocycles. The average Bonchev–Trinajstić information content (AvgIpc) is 2.47. The lowest BCUT2D eigenvalue weighted by Gasteiger charge is -2.29. The largest absolute Gasteiger partial charge is 0.481 e. The predicted molar refractivity (Wildman–Crippen MR) is 85.6 cm³/mol. The molecule has 22 heavy (non-hydrogen) atoms. The van der Waals surface area contributed by atoms with Crippen LogP contribution >= 0.6 is 0 Å². The Morgan fingerprint density at radius 3 is 2.45 bits per heavy atom. The highest BCUT2D eigenvalue weighted by atomic mass is 16.4. The van der Waals surface area contributed by atoms with Gasteiger partial charge in [0.15, 0.2) is 0 Å². The fourth-order valence-electron chi connectivity index (χ4n) is 2.99. The monoisotopic (exact) mass is 303 g/mol. The summed E-state index contributed by atoms with van der Waals surface area (Å²) in [7, 11) is 0. The van der Waals surface area contributed by atoms with Crippen molar-refractivity contribution in [3.63, 3.8) is 0 Å². The molecule has 1 amide bonds. The van der Waals surface area contributed by atoms with E-state index in [2.05, 4.69) is 5.32 Å². The molecule has 1 aliphatic carbocycles. The van der Waals surface area contributed by atoms with Crippen LogP contribution in [0.25, 0.3) is 0 Å². The highest BCUT2D eigenvalue weighted by molar-refractivity contribution is 5.83. The van der Waals surface area contributed by atoms with Gasteiger partial charge in [-0.3, -0.25) is 9.59 Å². The van der Waals surface area contributed by atoms with E-state index >= 15 is 0 Å². The van der Waals surface area contributed by atoms with Crippen LogP contribution in [0.15, 0.2) is 30.3 Å². The number of carboxylic acids is 1. The first-order chi connectivity index (χ1) is 10.6. The lowest BCUT2D eigenvalue weighted by Crippen LogP contribution is -2.46. The van der Waals surface area contributed by atoms with Crippen LogP contribution in [0.3, 0.4) is 0 Å². The van der Waals surface area contributed by atoms with Gasteiger partial charge in [0.2, 0.25) is 5.91 Å². The quantitative estimate of drug-likeness (QED) is 0.775. The van der Waals surface area contributed by atoms with Gasteiger partial charge in [0.25, 0.3) is 0 Å². The van der Waals surface area contributed by atoms with Gasteiger partial charge in [0.1, 0.15) is 5.41 Å². The van der Waals surface area contributed by atoms with E-state index in [0.717, 1.165) is 12.0 Å². The Hall–Kier alpha value is -1.84. The minimum atomic E-state index is -1.05.